The summed E-state index contributed by atoms with van der Waals surface area (Å²) in [7, 11) is 0. The van der Waals surface area contributed by atoms with Gasteiger partial charge in [0.05, 0.1) is 11.1 Å². The largest absolute Gasteiger partial charge is 0.270 e. The second kappa shape index (κ2) is 3.78. The van der Waals surface area contributed by atoms with Gasteiger partial charge in [0.2, 0.25) is 0 Å². The standard InChI is InChI=1S/C12H10N2O2/c1-3-4-8(2)14-11(15)9-5-6-13-7-10(9)12(14)16/h1,5-8H,4H2,2H3. The summed E-state index contributed by atoms with van der Waals surface area (Å²) in [5, 5.41) is 0. The van der Waals surface area contributed by atoms with Gasteiger partial charge in [0.1, 0.15) is 0 Å². The summed E-state index contributed by atoms with van der Waals surface area (Å²) in [6.45, 7) is 1.76. The van der Waals surface area contributed by atoms with Gasteiger partial charge in [-0.05, 0) is 13.0 Å². The topological polar surface area (TPSA) is 50.3 Å². The molecule has 4 heteroatoms. The Morgan fingerprint density at radius 1 is 1.44 bits per heavy atom. The molecule has 1 unspecified atom stereocenters. The molecular weight excluding hydrogens is 204 g/mol. The smallest absolute Gasteiger partial charge is 0.263 e. The molecule has 0 saturated carbocycles. The third-order valence-electron chi connectivity index (χ3n) is 2.57. The number of pyridine rings is 1. The highest BCUT2D eigenvalue weighted by Gasteiger charge is 2.38. The predicted octanol–water partition coefficient (Wildman–Crippen LogP) is 1.09. The molecule has 1 atom stereocenters. The van der Waals surface area contributed by atoms with Crippen LogP contribution >= 0.6 is 0 Å². The van der Waals surface area contributed by atoms with E-state index in [2.05, 4.69) is 10.9 Å². The number of rotatable bonds is 2. The molecule has 0 fully saturated rings. The zero-order valence-corrected chi connectivity index (χ0v) is 8.80. The third kappa shape index (κ3) is 1.38. The highest BCUT2D eigenvalue weighted by atomic mass is 16.2. The van der Waals surface area contributed by atoms with Crippen LogP contribution in [0.25, 0.3) is 0 Å². The molecule has 0 N–H and O–H groups in total. The van der Waals surface area contributed by atoms with Crippen LogP contribution in [0.1, 0.15) is 34.1 Å². The SMILES string of the molecule is C#CCC(C)N1C(=O)c2ccncc2C1=O. The van der Waals surface area contributed by atoms with E-state index < -0.39 is 0 Å². The maximum atomic E-state index is 11.9. The summed E-state index contributed by atoms with van der Waals surface area (Å²) < 4.78 is 0. The minimum absolute atomic E-state index is 0.280. The van der Waals surface area contributed by atoms with Crippen molar-refractivity contribution >= 4 is 11.8 Å². The zero-order chi connectivity index (χ0) is 11.7. The van der Waals surface area contributed by atoms with Crippen molar-refractivity contribution in [2.45, 2.75) is 19.4 Å². The lowest BCUT2D eigenvalue weighted by Gasteiger charge is -2.20. The lowest BCUT2D eigenvalue weighted by Crippen LogP contribution is -2.37. The second-order valence-corrected chi connectivity index (χ2v) is 3.66. The molecule has 1 aromatic rings. The second-order valence-electron chi connectivity index (χ2n) is 3.66. The Kier molecular flexibility index (Phi) is 2.45. The Bertz CT molecular complexity index is 467. The summed E-state index contributed by atoms with van der Waals surface area (Å²) in [6, 6.07) is 1.27. The molecule has 0 spiro atoms. The monoisotopic (exact) mass is 214 g/mol. The van der Waals surface area contributed by atoms with Crippen LogP contribution in [0.5, 0.6) is 0 Å². The average molecular weight is 214 g/mol. The molecule has 80 valence electrons. The number of nitrogens with zero attached hydrogens (tertiary/aromatic N) is 2. The van der Waals surface area contributed by atoms with E-state index in [9.17, 15) is 9.59 Å². The molecule has 1 aromatic heterocycles. The van der Waals surface area contributed by atoms with Gasteiger partial charge in [0.25, 0.3) is 11.8 Å². The van der Waals surface area contributed by atoms with Crippen LogP contribution in [0, 0.1) is 12.3 Å². The van der Waals surface area contributed by atoms with Crippen LogP contribution in [-0.2, 0) is 0 Å². The van der Waals surface area contributed by atoms with Crippen LogP contribution in [0.3, 0.4) is 0 Å². The molecule has 2 amide bonds. The normalized spacial score (nSPS) is 15.9. The van der Waals surface area contributed by atoms with E-state index in [0.717, 1.165) is 0 Å². The minimum Gasteiger partial charge on any atom is -0.270 e. The van der Waals surface area contributed by atoms with E-state index in [-0.39, 0.29) is 17.9 Å². The highest BCUT2D eigenvalue weighted by Crippen LogP contribution is 2.24. The van der Waals surface area contributed by atoms with Crippen molar-refractivity contribution in [3.63, 3.8) is 0 Å². The Morgan fingerprint density at radius 3 is 2.75 bits per heavy atom. The van der Waals surface area contributed by atoms with Gasteiger partial charge in [0.15, 0.2) is 0 Å². The minimum atomic E-state index is -0.309. The first kappa shape index (κ1) is 10.4. The van der Waals surface area contributed by atoms with Crippen molar-refractivity contribution in [3.05, 3.63) is 29.6 Å². The molecular formula is C12H10N2O2. The van der Waals surface area contributed by atoms with Crippen molar-refractivity contribution in [3.8, 4) is 12.3 Å². The zero-order valence-electron chi connectivity index (χ0n) is 8.80. The molecule has 0 aliphatic carbocycles. The molecule has 0 aromatic carbocycles. The molecule has 1 aliphatic rings. The van der Waals surface area contributed by atoms with Crippen LogP contribution in [0.4, 0.5) is 0 Å². The first-order chi connectivity index (χ1) is 7.66. The van der Waals surface area contributed by atoms with Gasteiger partial charge in [-0.3, -0.25) is 19.5 Å². The highest BCUT2D eigenvalue weighted by molar-refractivity contribution is 6.21. The Balaban J connectivity index is 2.39. The number of hydrogen-bond donors (Lipinski definition) is 0. The fraction of sp³-hybridized carbons (Fsp3) is 0.250. The summed E-state index contributed by atoms with van der Waals surface area (Å²) in [5.74, 6) is 1.85. The molecule has 0 radical (unpaired) electrons. The maximum Gasteiger partial charge on any atom is 0.263 e. The molecule has 0 bridgehead atoms. The Labute approximate surface area is 93.3 Å². The van der Waals surface area contributed by atoms with E-state index in [1.807, 2.05) is 0 Å². The molecule has 2 heterocycles. The fourth-order valence-corrected chi connectivity index (χ4v) is 1.77. The van der Waals surface area contributed by atoms with Gasteiger partial charge in [-0.25, -0.2) is 0 Å². The van der Waals surface area contributed by atoms with Crippen LogP contribution in [-0.4, -0.2) is 27.7 Å². The first-order valence-electron chi connectivity index (χ1n) is 4.92. The van der Waals surface area contributed by atoms with Crippen LogP contribution in [0.15, 0.2) is 18.5 Å². The van der Waals surface area contributed by atoms with Crippen LogP contribution < -0.4 is 0 Å². The van der Waals surface area contributed by atoms with Crippen molar-refractivity contribution in [2.24, 2.45) is 0 Å². The van der Waals surface area contributed by atoms with Gasteiger partial charge in [-0.2, -0.15) is 0 Å². The number of carbonyl (C=O) groups excluding carboxylic acids is 2. The summed E-state index contributed by atoms with van der Waals surface area (Å²) >= 11 is 0. The molecule has 16 heavy (non-hydrogen) atoms. The van der Waals surface area contributed by atoms with E-state index in [0.29, 0.717) is 17.5 Å². The lowest BCUT2D eigenvalue weighted by atomic mass is 10.2. The summed E-state index contributed by atoms with van der Waals surface area (Å²) in [4.78, 5) is 28.9. The average Bonchev–Trinajstić information content (AvgIpc) is 2.53. The number of terminal acetylenes is 1. The summed E-state index contributed by atoms with van der Waals surface area (Å²) in [5.41, 5.74) is 0.764. The fourth-order valence-electron chi connectivity index (χ4n) is 1.77. The maximum absolute atomic E-state index is 11.9. The molecule has 0 saturated heterocycles. The van der Waals surface area contributed by atoms with Crippen molar-refractivity contribution in [1.29, 1.82) is 0 Å². The van der Waals surface area contributed by atoms with Crippen LogP contribution in [0.2, 0.25) is 0 Å². The van der Waals surface area contributed by atoms with E-state index >= 15 is 0 Å². The molecule has 4 nitrogen and oxygen atoms in total. The third-order valence-corrected chi connectivity index (χ3v) is 2.57. The Hall–Kier alpha value is -2.15. The van der Waals surface area contributed by atoms with Gasteiger partial charge in [-0.15, -0.1) is 12.3 Å². The van der Waals surface area contributed by atoms with E-state index in [4.69, 9.17) is 6.42 Å². The summed E-state index contributed by atoms with van der Waals surface area (Å²) in [6.07, 6.45) is 8.46. The van der Waals surface area contributed by atoms with Gasteiger partial charge < -0.3 is 0 Å². The number of carbonyl (C=O) groups is 2. The first-order valence-corrected chi connectivity index (χ1v) is 4.92. The van der Waals surface area contributed by atoms with Crippen molar-refractivity contribution in [1.82, 2.24) is 9.88 Å². The molecule has 1 aliphatic heterocycles. The molecule has 2 rings (SSSR count). The predicted molar refractivity (Wildman–Crippen MR) is 57.6 cm³/mol. The Morgan fingerprint density at radius 2 is 2.12 bits per heavy atom. The van der Waals surface area contributed by atoms with E-state index in [1.165, 1.54) is 17.3 Å². The van der Waals surface area contributed by atoms with Crippen molar-refractivity contribution < 1.29 is 9.59 Å². The number of fused-ring (bicyclic) bond motifs is 1. The van der Waals surface area contributed by atoms with Gasteiger partial charge in [0, 0.05) is 24.9 Å². The van der Waals surface area contributed by atoms with E-state index in [1.54, 1.807) is 13.0 Å². The van der Waals surface area contributed by atoms with Gasteiger partial charge in [-0.1, -0.05) is 0 Å². The van der Waals surface area contributed by atoms with Gasteiger partial charge >= 0.3 is 0 Å². The number of aromatic nitrogens is 1. The number of hydrogen-bond acceptors (Lipinski definition) is 3. The lowest BCUT2D eigenvalue weighted by molar-refractivity contribution is 0.0600. The van der Waals surface area contributed by atoms with Crippen molar-refractivity contribution in [2.75, 3.05) is 0 Å². The number of imide groups is 1. The number of amides is 2. The quantitative estimate of drug-likeness (QED) is 0.547.